The Morgan fingerprint density at radius 3 is 2.11 bits per heavy atom. The molecule has 0 rings (SSSR count). The van der Waals surface area contributed by atoms with Crippen LogP contribution in [0.3, 0.4) is 0 Å². The van der Waals surface area contributed by atoms with Crippen LogP contribution in [0.1, 0.15) is 13.8 Å². The average Bonchev–Trinajstić information content (AvgIpc) is 1.84. The third-order valence-corrected chi connectivity index (χ3v) is 1.25. The predicted octanol–water partition coefficient (Wildman–Crippen LogP) is 0.566. The summed E-state index contributed by atoms with van der Waals surface area (Å²) in [5.74, 6) is 0. The van der Waals surface area contributed by atoms with Crippen LogP contribution in [0.15, 0.2) is 11.4 Å². The normalized spacial score (nSPS) is 12.7. The first-order valence-corrected chi connectivity index (χ1v) is 2.67. The summed E-state index contributed by atoms with van der Waals surface area (Å²) in [6.07, 6.45) is 0. The van der Waals surface area contributed by atoms with Gasteiger partial charge in [-0.05, 0) is 0 Å². The molecule has 0 atom stereocenters. The molecule has 57 valence electrons. The van der Waals surface area contributed by atoms with Crippen LogP contribution in [0.2, 0.25) is 0 Å². The van der Waals surface area contributed by atoms with Gasteiger partial charge in [0.25, 0.3) is 0 Å². The predicted molar refractivity (Wildman–Crippen MR) is 28.5 cm³/mol. The van der Waals surface area contributed by atoms with Gasteiger partial charge in [0.15, 0.2) is 0 Å². The second-order valence-electron chi connectivity index (χ2n) is 1.53. The van der Waals surface area contributed by atoms with Crippen molar-refractivity contribution < 1.29 is 19.5 Å². The average molecular weight is 179 g/mol. The third kappa shape index (κ3) is 2.72. The van der Waals surface area contributed by atoms with Crippen molar-refractivity contribution in [3.05, 3.63) is 21.8 Å². The zero-order chi connectivity index (χ0) is 7.44. The molecule has 0 saturated carbocycles. The molecule has 0 radical (unpaired) electrons. The number of hydrogen-bond acceptors (Lipinski definition) is 3. The van der Waals surface area contributed by atoms with Gasteiger partial charge in [0.05, 0.1) is 0 Å². The molecular formula is C4H7CuN2O2-. The molecule has 0 saturated heterocycles. The van der Waals surface area contributed by atoms with Gasteiger partial charge in [0, 0.05) is 0 Å². The minimum atomic E-state index is 0.202. The Balaban J connectivity index is 4.28. The van der Waals surface area contributed by atoms with E-state index in [9.17, 15) is 10.4 Å². The number of nitrogens with zero attached hydrogens (tertiary/aromatic N) is 1. The summed E-state index contributed by atoms with van der Waals surface area (Å²) >= 11 is 4.33. The SMILES string of the molecule is CC(N[O-])=C(C)[N+]([O-])=[Cu]. The molecule has 4 nitrogen and oxygen atoms in total. The Kier molecular flexibility index (Phi) is 3.65. The van der Waals surface area contributed by atoms with Crippen molar-refractivity contribution in [3.63, 3.8) is 0 Å². The molecule has 9 heavy (non-hydrogen) atoms. The first kappa shape index (κ1) is 8.78. The van der Waals surface area contributed by atoms with Gasteiger partial charge in [-0.25, -0.2) is 0 Å². The van der Waals surface area contributed by atoms with Crippen molar-refractivity contribution in [1.82, 2.24) is 5.48 Å². The zero-order valence-corrected chi connectivity index (χ0v) is 6.01. The molecule has 1 N–H and O–H groups in total. The van der Waals surface area contributed by atoms with Crippen molar-refractivity contribution in [1.29, 1.82) is 0 Å². The Bertz CT molecular complexity index is 155. The van der Waals surface area contributed by atoms with Crippen LogP contribution >= 0.6 is 0 Å². The minimum absolute atomic E-state index is 0.202. The van der Waals surface area contributed by atoms with Crippen LogP contribution in [-0.2, 0) is 15.8 Å². The fraction of sp³-hybridized carbons (Fsp3) is 0.500. The standard InChI is InChI=1S/C4H7N2O2.Cu/c1-3(5-7)4(2)6-8;/h5H,1-2H3;/q-1;. The van der Waals surface area contributed by atoms with Gasteiger partial charge in [-0.2, -0.15) is 0 Å². The molecule has 0 spiro atoms. The van der Waals surface area contributed by atoms with Gasteiger partial charge < -0.3 is 0 Å². The second kappa shape index (κ2) is 3.74. The Morgan fingerprint density at radius 2 is 2.00 bits per heavy atom. The molecule has 0 aliphatic heterocycles. The zero-order valence-electron chi connectivity index (χ0n) is 5.07. The summed E-state index contributed by atoms with van der Waals surface area (Å²) in [6, 6.07) is 0. The monoisotopic (exact) mass is 178 g/mol. The molecule has 0 aliphatic carbocycles. The van der Waals surface area contributed by atoms with E-state index in [4.69, 9.17) is 0 Å². The van der Waals surface area contributed by atoms with E-state index in [0.29, 0.717) is 0 Å². The van der Waals surface area contributed by atoms with Crippen LogP contribution in [0, 0.1) is 10.4 Å². The first-order valence-electron chi connectivity index (χ1n) is 2.25. The van der Waals surface area contributed by atoms with E-state index in [0.717, 1.165) is 0 Å². The van der Waals surface area contributed by atoms with E-state index in [2.05, 4.69) is 15.8 Å². The quantitative estimate of drug-likeness (QED) is 0.497. The number of hydroxylamine groups is 2. The molecule has 0 unspecified atom stereocenters. The topological polar surface area (TPSA) is 61.2 Å². The molecule has 0 aromatic carbocycles. The van der Waals surface area contributed by atoms with Gasteiger partial charge in [0.1, 0.15) is 0 Å². The summed E-state index contributed by atoms with van der Waals surface area (Å²) in [4.78, 5) is 0. The molecule has 0 aliphatic rings. The van der Waals surface area contributed by atoms with Gasteiger partial charge in [-0.15, -0.1) is 0 Å². The Labute approximate surface area is 61.3 Å². The van der Waals surface area contributed by atoms with Gasteiger partial charge in [-0.3, -0.25) is 0 Å². The molecule has 0 bridgehead atoms. The number of nitrogens with one attached hydrogen (secondary N) is 1. The van der Waals surface area contributed by atoms with Crippen molar-refractivity contribution >= 4 is 0 Å². The van der Waals surface area contributed by atoms with Crippen molar-refractivity contribution in [2.45, 2.75) is 13.8 Å². The van der Waals surface area contributed by atoms with Crippen molar-refractivity contribution in [3.8, 4) is 0 Å². The Morgan fingerprint density at radius 1 is 1.56 bits per heavy atom. The number of hydrogen-bond donors (Lipinski definition) is 1. The summed E-state index contributed by atoms with van der Waals surface area (Å²) in [5.41, 5.74) is 2.02. The molecule has 0 amide bonds. The van der Waals surface area contributed by atoms with E-state index in [1.165, 1.54) is 13.8 Å². The molecule has 0 aromatic rings. The molecular weight excluding hydrogens is 172 g/mol. The fourth-order valence-electron chi connectivity index (χ4n) is 0.193. The fourth-order valence-corrected chi connectivity index (χ4v) is 0.351. The summed E-state index contributed by atoms with van der Waals surface area (Å²) < 4.78 is 0.202. The molecule has 0 heterocycles. The van der Waals surface area contributed by atoms with E-state index >= 15 is 0 Å². The van der Waals surface area contributed by atoms with E-state index < -0.39 is 0 Å². The van der Waals surface area contributed by atoms with Gasteiger partial charge in [-0.1, -0.05) is 0 Å². The maximum absolute atomic E-state index is 10.2. The molecule has 0 fully saturated rings. The van der Waals surface area contributed by atoms with Crippen molar-refractivity contribution in [2.24, 2.45) is 0 Å². The van der Waals surface area contributed by atoms with Gasteiger partial charge >= 0.3 is 60.7 Å². The van der Waals surface area contributed by atoms with Crippen LogP contribution in [0.5, 0.6) is 0 Å². The summed E-state index contributed by atoms with van der Waals surface area (Å²) in [5, 5.41) is 20.1. The van der Waals surface area contributed by atoms with Gasteiger partial charge in [0.2, 0.25) is 0 Å². The second-order valence-corrected chi connectivity index (χ2v) is 1.91. The summed E-state index contributed by atoms with van der Waals surface area (Å²) in [7, 11) is 0. The van der Waals surface area contributed by atoms with Crippen LogP contribution in [0.4, 0.5) is 0 Å². The number of rotatable bonds is 2. The third-order valence-electron chi connectivity index (χ3n) is 0.934. The van der Waals surface area contributed by atoms with Crippen LogP contribution < -0.4 is 5.48 Å². The first-order chi connectivity index (χ1) is 4.09. The summed E-state index contributed by atoms with van der Waals surface area (Å²) in [6.45, 7) is 2.95. The van der Waals surface area contributed by atoms with Crippen LogP contribution in [-0.4, -0.2) is 3.71 Å². The number of allylic oxidation sites excluding steroid dienone is 2. The molecule has 0 aromatic heterocycles. The van der Waals surface area contributed by atoms with E-state index in [1.54, 1.807) is 5.48 Å². The van der Waals surface area contributed by atoms with Crippen molar-refractivity contribution in [2.75, 3.05) is 0 Å². The van der Waals surface area contributed by atoms with E-state index in [-0.39, 0.29) is 15.1 Å². The molecule has 5 heteroatoms. The Hall–Kier alpha value is -0.221. The van der Waals surface area contributed by atoms with Crippen LogP contribution in [0.25, 0.3) is 0 Å². The van der Waals surface area contributed by atoms with E-state index in [1.807, 2.05) is 0 Å². The maximum atomic E-state index is 10.2.